The monoisotopic (exact) mass is 620 g/mol. The maximum Gasteiger partial charge on any atom is 0.198 e. The smallest absolute Gasteiger partial charge is 0.198 e. The molecule has 1 fully saturated rings. The predicted octanol–water partition coefficient (Wildman–Crippen LogP) is 7.89. The predicted molar refractivity (Wildman–Crippen MR) is 173 cm³/mol. The van der Waals surface area contributed by atoms with Crippen LogP contribution < -0.4 is 9.47 Å². The molecule has 3 aromatic carbocycles. The first-order valence-electron chi connectivity index (χ1n) is 14.9. The van der Waals surface area contributed by atoms with E-state index in [2.05, 4.69) is 55.0 Å². The van der Waals surface area contributed by atoms with Crippen molar-refractivity contribution in [3.63, 3.8) is 0 Å². The lowest BCUT2D eigenvalue weighted by Crippen LogP contribution is -2.36. The molecule has 2 atom stereocenters. The van der Waals surface area contributed by atoms with Gasteiger partial charge in [0.2, 0.25) is 0 Å². The summed E-state index contributed by atoms with van der Waals surface area (Å²) >= 11 is 6.49. The average Bonchev–Trinajstić information content (AvgIpc) is 3.49. The number of fused-ring (bicyclic) bond motifs is 1. The Labute approximate surface area is 267 Å². The highest BCUT2D eigenvalue weighted by molar-refractivity contribution is 6.32. The number of hydrogen-bond donors (Lipinski definition) is 0. The number of piperidine rings is 1. The van der Waals surface area contributed by atoms with E-state index in [1.807, 2.05) is 18.2 Å². The third kappa shape index (κ3) is 6.56. The largest absolute Gasteiger partial charge is 0.488 e. The molecule has 1 saturated heterocycles. The number of hydrogen-bond acceptors (Lipinski definition) is 8. The van der Waals surface area contributed by atoms with E-state index in [4.69, 9.17) is 35.7 Å². The summed E-state index contributed by atoms with van der Waals surface area (Å²) in [5.41, 5.74) is 7.29. The van der Waals surface area contributed by atoms with Crippen molar-refractivity contribution in [2.24, 2.45) is 0 Å². The van der Waals surface area contributed by atoms with Crippen molar-refractivity contribution < 1.29 is 18.7 Å². The van der Waals surface area contributed by atoms with Gasteiger partial charge in [-0.15, -0.1) is 0 Å². The molecular weight excluding hydrogens is 588 g/mol. The van der Waals surface area contributed by atoms with Crippen LogP contribution in [0.3, 0.4) is 0 Å². The topological polar surface area (TPSA) is 101 Å². The molecule has 9 heteroatoms. The molecule has 0 aliphatic carbocycles. The van der Waals surface area contributed by atoms with E-state index in [1.165, 1.54) is 12.3 Å². The van der Waals surface area contributed by atoms with E-state index in [-0.39, 0.29) is 13.2 Å². The van der Waals surface area contributed by atoms with Crippen molar-refractivity contribution in [2.75, 3.05) is 13.6 Å². The Morgan fingerprint density at radius 1 is 1.11 bits per heavy atom. The minimum Gasteiger partial charge on any atom is -0.488 e. The van der Waals surface area contributed by atoms with Crippen LogP contribution in [0.2, 0.25) is 5.02 Å². The van der Waals surface area contributed by atoms with Crippen molar-refractivity contribution >= 4 is 29.0 Å². The highest BCUT2D eigenvalue weighted by atomic mass is 35.5. The number of halogens is 1. The lowest BCUT2D eigenvalue weighted by atomic mass is 9.92. The van der Waals surface area contributed by atoms with Gasteiger partial charge in [0.25, 0.3) is 0 Å². The summed E-state index contributed by atoms with van der Waals surface area (Å²) in [5, 5.41) is 9.44. The van der Waals surface area contributed by atoms with Gasteiger partial charge in [-0.2, -0.15) is 5.26 Å². The van der Waals surface area contributed by atoms with Gasteiger partial charge in [0.05, 0.1) is 16.1 Å². The van der Waals surface area contributed by atoms with Crippen LogP contribution in [0.15, 0.2) is 71.4 Å². The molecule has 0 bridgehead atoms. The molecule has 2 unspecified atom stereocenters. The zero-order chi connectivity index (χ0) is 31.5. The third-order valence-electron chi connectivity index (χ3n) is 8.61. The lowest BCUT2D eigenvalue weighted by molar-refractivity contribution is 0.111. The van der Waals surface area contributed by atoms with Crippen molar-refractivity contribution in [3.8, 4) is 28.7 Å². The van der Waals surface area contributed by atoms with Gasteiger partial charge >= 0.3 is 0 Å². The molecule has 0 N–H and O–H groups in total. The summed E-state index contributed by atoms with van der Waals surface area (Å²) in [5.74, 6) is 1.88. The van der Waals surface area contributed by atoms with Crippen molar-refractivity contribution in [1.29, 1.82) is 5.26 Å². The van der Waals surface area contributed by atoms with Crippen molar-refractivity contribution in [2.45, 2.75) is 51.9 Å². The second-order valence-electron chi connectivity index (χ2n) is 11.6. The summed E-state index contributed by atoms with van der Waals surface area (Å²) in [7, 11) is 2.17. The molecule has 0 amide bonds. The molecular formula is C36H33ClN4O4. The number of nitriles is 1. The fraction of sp³-hybridized carbons (Fsp3) is 0.278. The molecule has 1 aliphatic rings. The quantitative estimate of drug-likeness (QED) is 0.153. The van der Waals surface area contributed by atoms with Gasteiger partial charge in [-0.05, 0) is 86.8 Å². The molecule has 228 valence electrons. The van der Waals surface area contributed by atoms with Gasteiger partial charge in [-0.1, -0.05) is 35.9 Å². The number of carbonyl (C=O) groups excluding carboxylic acids is 1. The first-order valence-corrected chi connectivity index (χ1v) is 15.3. The normalized spacial score (nSPS) is 16.8. The highest BCUT2D eigenvalue weighted by Gasteiger charge is 2.27. The Bertz CT molecular complexity index is 1910. The summed E-state index contributed by atoms with van der Waals surface area (Å²) in [6.07, 6.45) is 5.86. The number of carbonyl (C=O) groups is 1. The Morgan fingerprint density at radius 2 is 1.96 bits per heavy atom. The second kappa shape index (κ2) is 13.1. The van der Waals surface area contributed by atoms with Crippen LogP contribution in [-0.4, -0.2) is 40.8 Å². The summed E-state index contributed by atoms with van der Waals surface area (Å²) < 4.78 is 18.3. The first-order chi connectivity index (χ1) is 21.8. The van der Waals surface area contributed by atoms with E-state index in [0.717, 1.165) is 58.6 Å². The van der Waals surface area contributed by atoms with Crippen LogP contribution >= 0.6 is 11.6 Å². The van der Waals surface area contributed by atoms with Gasteiger partial charge in [0, 0.05) is 36.0 Å². The third-order valence-corrected chi connectivity index (χ3v) is 8.91. The first kappa shape index (κ1) is 30.3. The zero-order valence-corrected chi connectivity index (χ0v) is 26.2. The minimum absolute atomic E-state index is 0.125. The molecule has 0 radical (unpaired) electrons. The van der Waals surface area contributed by atoms with Crippen LogP contribution in [0.4, 0.5) is 0 Å². The zero-order valence-electron chi connectivity index (χ0n) is 25.4. The number of aromatic nitrogens is 2. The maximum absolute atomic E-state index is 11.7. The SMILES string of the molecule is Cc1c(COc2cc(OCc3cncc(C#N)c3)c(C=O)cc2Cl)cccc1-c1ccc2oc(C3CCN(C)C(C)C3)nc2c1. The Kier molecular flexibility index (Phi) is 8.83. The van der Waals surface area contributed by atoms with Gasteiger partial charge in [0.15, 0.2) is 17.8 Å². The standard InChI is InChI=1S/C36H33ClN4O4/c1-22-11-27(9-10-41(22)3)36-40-32-14-26(7-8-33(32)45-36)30-6-4-5-28(23(30)2)21-44-35-15-34(29(19-42)13-31(35)37)43-20-25-12-24(16-38)17-39-18-25/h4-8,12-15,17-19,22,27H,9-11,20-21H2,1-3H3. The molecule has 2 aromatic heterocycles. The summed E-state index contributed by atoms with van der Waals surface area (Å²) in [6, 6.07) is 19.7. The van der Waals surface area contributed by atoms with Gasteiger partial charge in [0.1, 0.15) is 36.3 Å². The molecule has 0 saturated carbocycles. The number of nitrogens with zero attached hydrogens (tertiary/aromatic N) is 4. The summed E-state index contributed by atoms with van der Waals surface area (Å²) in [4.78, 5) is 23.1. The van der Waals surface area contributed by atoms with Crippen molar-refractivity contribution in [1.82, 2.24) is 14.9 Å². The van der Waals surface area contributed by atoms with Crippen LogP contribution in [0, 0.1) is 18.3 Å². The van der Waals surface area contributed by atoms with E-state index in [9.17, 15) is 4.79 Å². The molecule has 0 spiro atoms. The number of benzene rings is 3. The number of oxazole rings is 1. The number of pyridine rings is 1. The molecule has 8 nitrogen and oxygen atoms in total. The number of ether oxygens (including phenoxy) is 2. The molecule has 1 aliphatic heterocycles. The highest BCUT2D eigenvalue weighted by Crippen LogP contribution is 2.36. The van der Waals surface area contributed by atoms with E-state index < -0.39 is 0 Å². The summed E-state index contributed by atoms with van der Waals surface area (Å²) in [6.45, 7) is 5.75. The van der Waals surface area contributed by atoms with E-state index in [1.54, 1.807) is 18.3 Å². The minimum atomic E-state index is 0.125. The number of likely N-dealkylation sites (tertiary alicyclic amines) is 1. The molecule has 45 heavy (non-hydrogen) atoms. The number of aldehydes is 1. The molecule has 3 heterocycles. The Hall–Kier alpha value is -4.71. The Balaban J connectivity index is 1.19. The van der Waals surface area contributed by atoms with Gasteiger partial charge in [-0.3, -0.25) is 9.78 Å². The average molecular weight is 621 g/mol. The number of rotatable bonds is 9. The fourth-order valence-corrected chi connectivity index (χ4v) is 6.00. The van der Waals surface area contributed by atoms with Gasteiger partial charge < -0.3 is 18.8 Å². The molecule has 6 rings (SSSR count). The second-order valence-corrected chi connectivity index (χ2v) is 12.0. The van der Waals surface area contributed by atoms with Crippen LogP contribution in [0.25, 0.3) is 22.2 Å². The molecule has 5 aromatic rings. The van der Waals surface area contributed by atoms with E-state index in [0.29, 0.717) is 51.5 Å². The van der Waals surface area contributed by atoms with Crippen LogP contribution in [-0.2, 0) is 13.2 Å². The van der Waals surface area contributed by atoms with Crippen LogP contribution in [0.1, 0.15) is 64.2 Å². The fourth-order valence-electron chi connectivity index (χ4n) is 5.78. The van der Waals surface area contributed by atoms with Crippen molar-refractivity contribution in [3.05, 3.63) is 106 Å². The Morgan fingerprint density at radius 3 is 2.76 bits per heavy atom. The van der Waals surface area contributed by atoms with E-state index >= 15 is 0 Å². The van der Waals surface area contributed by atoms with Crippen LogP contribution in [0.5, 0.6) is 11.5 Å². The lowest BCUT2D eigenvalue weighted by Gasteiger charge is -2.33. The van der Waals surface area contributed by atoms with Gasteiger partial charge in [-0.25, -0.2) is 4.98 Å². The maximum atomic E-state index is 11.7.